The molecule has 5 amide bonds. The van der Waals surface area contributed by atoms with E-state index in [2.05, 4.69) is 53.6 Å². The summed E-state index contributed by atoms with van der Waals surface area (Å²) < 4.78 is 3.36. The molecule has 268 valence electrons. The van der Waals surface area contributed by atoms with E-state index in [9.17, 15) is 28.8 Å². The Hall–Kier alpha value is -4.81. The van der Waals surface area contributed by atoms with Gasteiger partial charge >= 0.3 is 0 Å². The van der Waals surface area contributed by atoms with Crippen LogP contribution in [-0.4, -0.2) is 89.1 Å². The Balaban J connectivity index is 2.25. The Morgan fingerprint density at radius 3 is 2.16 bits per heavy atom. The third kappa shape index (κ3) is 14.1. The van der Waals surface area contributed by atoms with E-state index in [-0.39, 0.29) is 44.6 Å². The molecule has 18 heteroatoms. The number of H-pyrrole nitrogens is 1. The first-order valence-electron chi connectivity index (χ1n) is 15.9. The van der Waals surface area contributed by atoms with E-state index < -0.39 is 65.5 Å². The number of imidazole rings is 1. The number of Topliss-reactive ketones (excluding diaryl/α,β-unsaturated/α-hetero) is 1. The Bertz CT molecular complexity index is 1400. The van der Waals surface area contributed by atoms with Gasteiger partial charge in [0.05, 0.1) is 36.8 Å². The van der Waals surface area contributed by atoms with E-state index in [1.54, 1.807) is 12.1 Å². The predicted octanol–water partition coefficient (Wildman–Crippen LogP) is -2.22. The minimum atomic E-state index is -1.19. The van der Waals surface area contributed by atoms with Crippen LogP contribution in [0.4, 0.5) is 0 Å². The lowest BCUT2D eigenvalue weighted by Gasteiger charge is -2.30. The number of nitrogens with two attached hydrogens (primary N) is 3. The lowest BCUT2D eigenvalue weighted by atomic mass is 9.90. The molecule has 17 nitrogen and oxygen atoms in total. The molecule has 1 aromatic heterocycles. The SMILES string of the molecule is CC(=O)C(CN)NC(=O)[C@H](Cc1ccccc1)C(CN)NC(=O)[C@H](Cc1cnc[nH]1)NC(=O)C(C)NC(=O)[C@@H](CCCNN=S)CC(N)=O. The van der Waals surface area contributed by atoms with Gasteiger partial charge in [-0.2, -0.15) is 0 Å². The molecule has 0 aliphatic heterocycles. The number of hydrogen-bond acceptors (Lipinski definition) is 11. The molecule has 1 aromatic carbocycles. The molecule has 0 saturated heterocycles. The molecule has 0 aliphatic carbocycles. The number of benzene rings is 1. The average Bonchev–Trinajstić information content (AvgIpc) is 3.59. The van der Waals surface area contributed by atoms with E-state index in [1.807, 2.05) is 18.2 Å². The van der Waals surface area contributed by atoms with Crippen molar-refractivity contribution in [2.24, 2.45) is 33.5 Å². The van der Waals surface area contributed by atoms with Gasteiger partial charge in [-0.1, -0.05) is 30.3 Å². The number of rotatable bonds is 23. The summed E-state index contributed by atoms with van der Waals surface area (Å²) in [5.41, 5.74) is 21.1. The molecule has 0 radical (unpaired) electrons. The molecule has 2 rings (SSSR count). The van der Waals surface area contributed by atoms with Crippen molar-refractivity contribution >= 4 is 47.7 Å². The maximum Gasteiger partial charge on any atom is 0.243 e. The van der Waals surface area contributed by atoms with Crippen LogP contribution >= 0.6 is 0 Å². The maximum atomic E-state index is 13.8. The highest BCUT2D eigenvalue weighted by atomic mass is 32.1. The van der Waals surface area contributed by atoms with E-state index in [1.165, 1.54) is 26.4 Å². The summed E-state index contributed by atoms with van der Waals surface area (Å²) in [4.78, 5) is 84.2. The van der Waals surface area contributed by atoms with Crippen LogP contribution in [0.25, 0.3) is 0 Å². The number of nitrogens with one attached hydrogen (secondary N) is 6. The number of carbonyl (C=O) groups is 6. The van der Waals surface area contributed by atoms with E-state index in [0.717, 1.165) is 5.56 Å². The van der Waals surface area contributed by atoms with Crippen LogP contribution in [0.15, 0.2) is 47.3 Å². The molecule has 0 aliphatic rings. The van der Waals surface area contributed by atoms with Gasteiger partial charge in [-0.15, -0.1) is 4.47 Å². The molecule has 0 spiro atoms. The number of hydrogen-bond donors (Lipinski definition) is 9. The molecular weight excluding hydrogens is 654 g/mol. The van der Waals surface area contributed by atoms with Gasteiger partial charge in [0.1, 0.15) is 12.1 Å². The topological polar surface area (TPSA) is 282 Å². The fourth-order valence-electron chi connectivity index (χ4n) is 5.06. The smallest absolute Gasteiger partial charge is 0.243 e. The molecule has 3 unspecified atom stereocenters. The van der Waals surface area contributed by atoms with Crippen molar-refractivity contribution in [2.45, 2.75) is 70.1 Å². The molecule has 1 heterocycles. The van der Waals surface area contributed by atoms with Crippen molar-refractivity contribution in [3.05, 3.63) is 54.1 Å². The van der Waals surface area contributed by atoms with Crippen LogP contribution in [0.1, 0.15) is 44.4 Å². The zero-order valence-corrected chi connectivity index (χ0v) is 28.5. The minimum absolute atomic E-state index is 0.0180. The summed E-state index contributed by atoms with van der Waals surface area (Å²) in [6.45, 7) is 2.86. The number of aromatic nitrogens is 2. The standard InChI is InChI=1S/C31H47N11O6S/c1-18(38-29(46)21(12-27(34)44)9-6-10-37-42-49)28(45)39-24(13-22-16-35-17-36-22)31(48)41-26(15-33)23(11-20-7-4-3-5-8-20)30(47)40-25(14-32)19(2)43/h3-5,7-8,16-18,21,23-26H,6,9-15,32-33H2,1-2H3,(H2,34,44)(H,35,36)(H,37,49)(H,38,46)(H,39,45)(H,40,47)(H,41,48)/t18?,21-,23+,24-,25?,26?/m0/s1. The van der Waals surface area contributed by atoms with Crippen LogP contribution in [0, 0.1) is 11.8 Å². The Morgan fingerprint density at radius 2 is 1.59 bits per heavy atom. The average molecular weight is 702 g/mol. The highest BCUT2D eigenvalue weighted by molar-refractivity contribution is 7.47. The molecule has 6 atom stereocenters. The van der Waals surface area contributed by atoms with Crippen molar-refractivity contribution in [3.63, 3.8) is 0 Å². The summed E-state index contributed by atoms with van der Waals surface area (Å²) in [6.07, 6.45) is 3.57. The molecule has 12 N–H and O–H groups in total. The van der Waals surface area contributed by atoms with Crippen molar-refractivity contribution in [1.82, 2.24) is 36.7 Å². The predicted molar refractivity (Wildman–Crippen MR) is 182 cm³/mol. The normalized spacial score (nSPS) is 14.5. The van der Waals surface area contributed by atoms with Gasteiger partial charge < -0.3 is 43.5 Å². The van der Waals surface area contributed by atoms with Crippen molar-refractivity contribution in [1.29, 1.82) is 0 Å². The number of amides is 5. The van der Waals surface area contributed by atoms with Gasteiger partial charge in [-0.05, 0) is 38.7 Å². The lowest BCUT2D eigenvalue weighted by Crippen LogP contribution is -2.59. The second-order valence-corrected chi connectivity index (χ2v) is 11.8. The fourth-order valence-corrected chi connectivity index (χ4v) is 5.15. The number of primary amides is 1. The van der Waals surface area contributed by atoms with Gasteiger partial charge in [0.2, 0.25) is 29.5 Å². The van der Waals surface area contributed by atoms with Crippen LogP contribution in [0.5, 0.6) is 0 Å². The molecule has 49 heavy (non-hydrogen) atoms. The molecular formula is C31H47N11O6S. The second kappa shape index (κ2) is 21.2. The van der Waals surface area contributed by atoms with Crippen molar-refractivity contribution in [3.8, 4) is 0 Å². The fraction of sp³-hybridized carbons (Fsp3) is 0.516. The third-order valence-corrected chi connectivity index (χ3v) is 7.96. The second-order valence-electron chi connectivity index (χ2n) is 11.6. The number of nitrogens with zero attached hydrogens (tertiary/aromatic N) is 2. The Labute approximate surface area is 290 Å². The lowest BCUT2D eigenvalue weighted by molar-refractivity contribution is -0.134. The van der Waals surface area contributed by atoms with Crippen LogP contribution < -0.4 is 43.9 Å². The van der Waals surface area contributed by atoms with Gasteiger partial charge in [-0.3, -0.25) is 34.2 Å². The number of carbonyl (C=O) groups excluding carboxylic acids is 6. The maximum absolute atomic E-state index is 13.8. The molecule has 2 aromatic rings. The molecule has 0 fully saturated rings. The summed E-state index contributed by atoms with van der Waals surface area (Å²) in [5, 5.41) is 10.7. The highest BCUT2D eigenvalue weighted by Gasteiger charge is 2.34. The van der Waals surface area contributed by atoms with E-state index in [4.69, 9.17) is 17.2 Å². The van der Waals surface area contributed by atoms with Crippen molar-refractivity contribution in [2.75, 3.05) is 19.6 Å². The number of aromatic amines is 1. The summed E-state index contributed by atoms with van der Waals surface area (Å²) in [6, 6.07) is 4.93. The summed E-state index contributed by atoms with van der Waals surface area (Å²) >= 11 is 4.48. The monoisotopic (exact) mass is 701 g/mol. The first-order valence-corrected chi connectivity index (χ1v) is 16.2. The number of ketones is 1. The highest BCUT2D eigenvalue weighted by Crippen LogP contribution is 2.15. The van der Waals surface area contributed by atoms with Crippen LogP contribution in [0.2, 0.25) is 0 Å². The third-order valence-electron chi connectivity index (χ3n) is 7.83. The molecule has 0 bridgehead atoms. The largest absolute Gasteiger partial charge is 0.370 e. The first kappa shape index (κ1) is 40.4. The minimum Gasteiger partial charge on any atom is -0.370 e. The quantitative estimate of drug-likeness (QED) is 0.0442. The van der Waals surface area contributed by atoms with Gasteiger partial charge in [0.15, 0.2) is 5.78 Å². The van der Waals surface area contributed by atoms with Crippen molar-refractivity contribution < 1.29 is 28.8 Å². The first-order chi connectivity index (χ1) is 23.4. The molecule has 0 saturated carbocycles. The zero-order chi connectivity index (χ0) is 36.3. The van der Waals surface area contributed by atoms with Gasteiger partial charge in [0, 0.05) is 50.3 Å². The van der Waals surface area contributed by atoms with Crippen LogP contribution in [0.3, 0.4) is 0 Å². The van der Waals surface area contributed by atoms with Gasteiger partial charge in [0.25, 0.3) is 0 Å². The van der Waals surface area contributed by atoms with Crippen LogP contribution in [-0.2, 0) is 54.0 Å². The van der Waals surface area contributed by atoms with Gasteiger partial charge in [-0.25, -0.2) is 4.98 Å². The zero-order valence-electron chi connectivity index (χ0n) is 27.6. The Morgan fingerprint density at radius 1 is 0.898 bits per heavy atom. The van der Waals surface area contributed by atoms with E-state index >= 15 is 0 Å². The Kier molecular flexibility index (Phi) is 17.5. The summed E-state index contributed by atoms with van der Waals surface area (Å²) in [5.74, 6) is -5.16. The van der Waals surface area contributed by atoms with E-state index in [0.29, 0.717) is 18.7 Å². The summed E-state index contributed by atoms with van der Waals surface area (Å²) in [7, 11) is 0.